The molecule has 2 aromatic heterocycles. The van der Waals surface area contributed by atoms with Crippen molar-refractivity contribution in [3.63, 3.8) is 0 Å². The molecule has 108 valence electrons. The van der Waals surface area contributed by atoms with Crippen LogP contribution in [0.2, 0.25) is 0 Å². The number of thiophene rings is 1. The minimum absolute atomic E-state index is 0.0131. The van der Waals surface area contributed by atoms with Gasteiger partial charge in [-0.25, -0.2) is 0 Å². The number of amides is 1. The van der Waals surface area contributed by atoms with E-state index in [1.807, 2.05) is 18.2 Å². The van der Waals surface area contributed by atoms with Crippen molar-refractivity contribution < 1.29 is 4.79 Å². The second kappa shape index (κ2) is 5.74. The molecule has 3 rings (SSSR count). The van der Waals surface area contributed by atoms with Gasteiger partial charge < -0.3 is 9.88 Å². The number of benzene rings is 1. The normalized spacial score (nSPS) is 11.0. The maximum absolute atomic E-state index is 12.4. The lowest BCUT2D eigenvalue weighted by Gasteiger charge is -2.09. The Labute approximate surface area is 128 Å². The van der Waals surface area contributed by atoms with E-state index >= 15 is 0 Å². The van der Waals surface area contributed by atoms with Gasteiger partial charge in [0.2, 0.25) is 0 Å². The summed E-state index contributed by atoms with van der Waals surface area (Å²) in [5.74, 6) is -0.0131. The van der Waals surface area contributed by atoms with Crippen LogP contribution in [0, 0.1) is 6.92 Å². The fraction of sp³-hybridized carbons (Fsp3) is 0.235. The maximum atomic E-state index is 12.4. The number of carbonyl (C=O) groups excluding carboxylic acids is 1. The SMILES string of the molecule is CCn1c(C(=O)NCc2ccc(C)cc2)cc2sccc21. The summed E-state index contributed by atoms with van der Waals surface area (Å²) in [6.07, 6.45) is 0. The third-order valence-corrected chi connectivity index (χ3v) is 4.50. The summed E-state index contributed by atoms with van der Waals surface area (Å²) < 4.78 is 3.23. The van der Waals surface area contributed by atoms with Gasteiger partial charge in [-0.05, 0) is 36.9 Å². The predicted molar refractivity (Wildman–Crippen MR) is 87.8 cm³/mol. The first kappa shape index (κ1) is 13.9. The Kier molecular flexibility index (Phi) is 3.80. The number of rotatable bonds is 4. The van der Waals surface area contributed by atoms with Gasteiger partial charge in [-0.3, -0.25) is 4.79 Å². The molecule has 1 N–H and O–H groups in total. The van der Waals surface area contributed by atoms with E-state index in [9.17, 15) is 4.79 Å². The van der Waals surface area contributed by atoms with E-state index in [-0.39, 0.29) is 5.91 Å². The summed E-state index contributed by atoms with van der Waals surface area (Å²) >= 11 is 1.67. The molecule has 4 heteroatoms. The number of fused-ring (bicyclic) bond motifs is 1. The summed E-state index contributed by atoms with van der Waals surface area (Å²) in [4.78, 5) is 12.4. The molecule has 0 bridgehead atoms. The van der Waals surface area contributed by atoms with Gasteiger partial charge in [-0.15, -0.1) is 11.3 Å². The van der Waals surface area contributed by atoms with Crippen LogP contribution in [0.25, 0.3) is 10.2 Å². The van der Waals surface area contributed by atoms with E-state index in [0.717, 1.165) is 28.0 Å². The third kappa shape index (κ3) is 2.72. The molecule has 0 fully saturated rings. The summed E-state index contributed by atoms with van der Waals surface area (Å²) in [7, 11) is 0. The van der Waals surface area contributed by atoms with Crippen molar-refractivity contribution in [2.45, 2.75) is 26.9 Å². The molecular weight excluding hydrogens is 280 g/mol. The Bertz CT molecular complexity index is 768. The van der Waals surface area contributed by atoms with E-state index in [0.29, 0.717) is 6.54 Å². The zero-order valence-electron chi connectivity index (χ0n) is 12.2. The Morgan fingerprint density at radius 2 is 2.00 bits per heavy atom. The van der Waals surface area contributed by atoms with Gasteiger partial charge in [0.1, 0.15) is 5.69 Å². The molecule has 0 unspecified atom stereocenters. The van der Waals surface area contributed by atoms with Crippen LogP contribution >= 0.6 is 11.3 Å². The smallest absolute Gasteiger partial charge is 0.268 e. The van der Waals surface area contributed by atoms with Gasteiger partial charge in [0, 0.05) is 13.1 Å². The van der Waals surface area contributed by atoms with Gasteiger partial charge in [0.15, 0.2) is 0 Å². The molecular formula is C17H18N2OS. The highest BCUT2D eigenvalue weighted by Gasteiger charge is 2.15. The van der Waals surface area contributed by atoms with Gasteiger partial charge in [0.05, 0.1) is 10.2 Å². The topological polar surface area (TPSA) is 34.0 Å². The lowest BCUT2D eigenvalue weighted by atomic mass is 10.1. The molecule has 3 nitrogen and oxygen atoms in total. The number of carbonyl (C=O) groups is 1. The summed E-state index contributed by atoms with van der Waals surface area (Å²) in [5.41, 5.74) is 4.23. The van der Waals surface area contributed by atoms with Gasteiger partial charge in [0.25, 0.3) is 5.91 Å². The van der Waals surface area contributed by atoms with E-state index in [2.05, 4.69) is 47.3 Å². The van der Waals surface area contributed by atoms with Crippen molar-refractivity contribution in [3.8, 4) is 0 Å². The first-order valence-corrected chi connectivity index (χ1v) is 7.97. The van der Waals surface area contributed by atoms with Crippen LogP contribution in [0.15, 0.2) is 41.8 Å². The summed E-state index contributed by atoms with van der Waals surface area (Å²) in [6.45, 7) is 5.48. The highest BCUT2D eigenvalue weighted by molar-refractivity contribution is 7.17. The lowest BCUT2D eigenvalue weighted by Crippen LogP contribution is -2.25. The molecule has 1 amide bonds. The molecule has 1 aromatic carbocycles. The number of hydrogen-bond donors (Lipinski definition) is 1. The fourth-order valence-electron chi connectivity index (χ4n) is 2.48. The van der Waals surface area contributed by atoms with E-state index in [4.69, 9.17) is 0 Å². The Balaban J connectivity index is 1.77. The number of nitrogens with one attached hydrogen (secondary N) is 1. The molecule has 0 aliphatic rings. The summed E-state index contributed by atoms with van der Waals surface area (Å²) in [5, 5.41) is 5.07. The fourth-order valence-corrected chi connectivity index (χ4v) is 3.31. The van der Waals surface area contributed by atoms with Crippen molar-refractivity contribution >= 4 is 27.5 Å². The highest BCUT2D eigenvalue weighted by atomic mass is 32.1. The van der Waals surface area contributed by atoms with Gasteiger partial charge in [-0.1, -0.05) is 29.8 Å². The number of aromatic nitrogens is 1. The quantitative estimate of drug-likeness (QED) is 0.777. The van der Waals surface area contributed by atoms with E-state index < -0.39 is 0 Å². The molecule has 0 atom stereocenters. The minimum Gasteiger partial charge on any atom is -0.347 e. The zero-order chi connectivity index (χ0) is 14.8. The van der Waals surface area contributed by atoms with Crippen LogP contribution in [-0.4, -0.2) is 10.5 Å². The summed E-state index contributed by atoms with van der Waals surface area (Å²) in [6, 6.07) is 12.3. The van der Waals surface area contributed by atoms with Crippen LogP contribution in [-0.2, 0) is 13.1 Å². The molecule has 0 spiro atoms. The second-order valence-electron chi connectivity index (χ2n) is 5.11. The molecule has 0 saturated carbocycles. The second-order valence-corrected chi connectivity index (χ2v) is 6.06. The van der Waals surface area contributed by atoms with Crippen LogP contribution in [0.1, 0.15) is 28.5 Å². The van der Waals surface area contributed by atoms with Crippen LogP contribution < -0.4 is 5.32 Å². The lowest BCUT2D eigenvalue weighted by molar-refractivity contribution is 0.0942. The number of hydrogen-bond acceptors (Lipinski definition) is 2. The minimum atomic E-state index is -0.0131. The third-order valence-electron chi connectivity index (χ3n) is 3.65. The number of nitrogens with zero attached hydrogens (tertiary/aromatic N) is 1. The van der Waals surface area contributed by atoms with E-state index in [1.54, 1.807) is 11.3 Å². The van der Waals surface area contributed by atoms with Crippen LogP contribution in [0.4, 0.5) is 0 Å². The Morgan fingerprint density at radius 1 is 1.24 bits per heavy atom. The van der Waals surface area contributed by atoms with E-state index in [1.165, 1.54) is 5.56 Å². The Morgan fingerprint density at radius 3 is 2.71 bits per heavy atom. The first-order chi connectivity index (χ1) is 10.2. The van der Waals surface area contributed by atoms with Crippen LogP contribution in [0.5, 0.6) is 0 Å². The molecule has 3 aromatic rings. The molecule has 21 heavy (non-hydrogen) atoms. The molecule has 0 aliphatic heterocycles. The Hall–Kier alpha value is -2.07. The maximum Gasteiger partial charge on any atom is 0.268 e. The molecule has 0 aliphatic carbocycles. The highest BCUT2D eigenvalue weighted by Crippen LogP contribution is 2.25. The average molecular weight is 298 g/mol. The average Bonchev–Trinajstić information content (AvgIpc) is 3.06. The predicted octanol–water partition coefficient (Wildman–Crippen LogP) is 3.96. The van der Waals surface area contributed by atoms with Crippen molar-refractivity contribution in [2.24, 2.45) is 0 Å². The standard InChI is InChI=1S/C17H18N2OS/c1-3-19-14-8-9-21-16(14)10-15(19)17(20)18-11-13-6-4-12(2)5-7-13/h4-10H,3,11H2,1-2H3,(H,18,20). The molecule has 0 radical (unpaired) electrons. The largest absolute Gasteiger partial charge is 0.347 e. The van der Waals surface area contributed by atoms with Gasteiger partial charge >= 0.3 is 0 Å². The molecule has 0 saturated heterocycles. The molecule has 2 heterocycles. The van der Waals surface area contributed by atoms with Crippen molar-refractivity contribution in [1.29, 1.82) is 0 Å². The van der Waals surface area contributed by atoms with Crippen molar-refractivity contribution in [2.75, 3.05) is 0 Å². The van der Waals surface area contributed by atoms with Crippen molar-refractivity contribution in [3.05, 3.63) is 58.6 Å². The zero-order valence-corrected chi connectivity index (χ0v) is 13.0. The number of aryl methyl sites for hydroxylation is 2. The monoisotopic (exact) mass is 298 g/mol. The van der Waals surface area contributed by atoms with Gasteiger partial charge in [-0.2, -0.15) is 0 Å². The van der Waals surface area contributed by atoms with Crippen LogP contribution in [0.3, 0.4) is 0 Å². The van der Waals surface area contributed by atoms with Crippen molar-refractivity contribution in [1.82, 2.24) is 9.88 Å². The first-order valence-electron chi connectivity index (χ1n) is 7.09.